The van der Waals surface area contributed by atoms with Gasteiger partial charge in [0.05, 0.1) is 12.2 Å². The molecular weight excluding hydrogens is 238 g/mol. The molecular formula is C15H29N3O. The molecule has 19 heavy (non-hydrogen) atoms. The van der Waals surface area contributed by atoms with Gasteiger partial charge in [0.2, 0.25) is 0 Å². The molecule has 2 atom stereocenters. The molecule has 0 spiro atoms. The zero-order chi connectivity index (χ0) is 14.0. The van der Waals surface area contributed by atoms with E-state index >= 15 is 0 Å². The molecule has 2 unspecified atom stereocenters. The highest BCUT2D eigenvalue weighted by Gasteiger charge is 2.49. The summed E-state index contributed by atoms with van der Waals surface area (Å²) in [5, 5.41) is 3.36. The van der Waals surface area contributed by atoms with Crippen LogP contribution in [0.2, 0.25) is 0 Å². The normalized spacial score (nSPS) is 30.9. The van der Waals surface area contributed by atoms with Crippen molar-refractivity contribution in [3.8, 4) is 0 Å². The van der Waals surface area contributed by atoms with Crippen LogP contribution in [0.1, 0.15) is 53.4 Å². The number of ether oxygens (including phenoxy) is 1. The highest BCUT2D eigenvalue weighted by atomic mass is 16.5. The maximum atomic E-state index is 5.98. The maximum Gasteiger partial charge on any atom is 0.188 e. The Hall–Kier alpha value is -0.770. The third kappa shape index (κ3) is 3.41. The Labute approximate surface area is 117 Å². The molecule has 110 valence electrons. The van der Waals surface area contributed by atoms with Crippen molar-refractivity contribution in [1.29, 1.82) is 0 Å². The second-order valence-electron chi connectivity index (χ2n) is 6.95. The van der Waals surface area contributed by atoms with Crippen molar-refractivity contribution >= 4 is 5.96 Å². The van der Waals surface area contributed by atoms with E-state index in [-0.39, 0.29) is 11.5 Å². The fourth-order valence-electron chi connectivity index (χ4n) is 2.82. The molecule has 2 saturated carbocycles. The molecule has 0 radical (unpaired) electrons. The first kappa shape index (κ1) is 14.6. The zero-order valence-corrected chi connectivity index (χ0v) is 12.8. The molecule has 0 aromatic heterocycles. The number of nitrogens with zero attached hydrogens (tertiary/aromatic N) is 1. The average Bonchev–Trinajstić information content (AvgIpc) is 2.25. The molecule has 0 aromatic carbocycles. The second kappa shape index (κ2) is 5.70. The van der Waals surface area contributed by atoms with Crippen LogP contribution in [0.3, 0.4) is 0 Å². The molecule has 4 nitrogen and oxygen atoms in total. The van der Waals surface area contributed by atoms with Crippen molar-refractivity contribution in [1.82, 2.24) is 5.32 Å². The molecule has 2 rings (SSSR count). The summed E-state index contributed by atoms with van der Waals surface area (Å²) in [5.74, 6) is 1.37. The van der Waals surface area contributed by atoms with Crippen molar-refractivity contribution in [3.63, 3.8) is 0 Å². The largest absolute Gasteiger partial charge is 0.375 e. The smallest absolute Gasteiger partial charge is 0.188 e. The lowest BCUT2D eigenvalue weighted by molar-refractivity contribution is -0.134. The Bertz CT molecular complexity index is 334. The van der Waals surface area contributed by atoms with Crippen molar-refractivity contribution in [2.45, 2.75) is 71.6 Å². The number of hydrogen-bond acceptors (Lipinski definition) is 2. The van der Waals surface area contributed by atoms with Crippen molar-refractivity contribution < 1.29 is 4.74 Å². The fraction of sp³-hybridized carbons (Fsp3) is 0.933. The molecule has 0 aliphatic heterocycles. The van der Waals surface area contributed by atoms with Gasteiger partial charge in [0, 0.05) is 18.0 Å². The molecule has 0 bridgehead atoms. The summed E-state index contributed by atoms with van der Waals surface area (Å²) >= 11 is 0. The van der Waals surface area contributed by atoms with Gasteiger partial charge in [-0.15, -0.1) is 0 Å². The van der Waals surface area contributed by atoms with E-state index in [4.69, 9.17) is 10.5 Å². The number of nitrogens with two attached hydrogens (primary N) is 1. The van der Waals surface area contributed by atoms with Gasteiger partial charge < -0.3 is 15.8 Å². The minimum Gasteiger partial charge on any atom is -0.375 e. The van der Waals surface area contributed by atoms with E-state index in [0.717, 1.165) is 18.9 Å². The third-order valence-corrected chi connectivity index (χ3v) is 4.68. The van der Waals surface area contributed by atoms with Crippen LogP contribution in [0.25, 0.3) is 0 Å². The Morgan fingerprint density at radius 2 is 2.11 bits per heavy atom. The van der Waals surface area contributed by atoms with Gasteiger partial charge in [-0.3, -0.25) is 4.99 Å². The fourth-order valence-corrected chi connectivity index (χ4v) is 2.82. The highest BCUT2D eigenvalue weighted by molar-refractivity contribution is 5.78. The number of rotatable bonds is 5. The van der Waals surface area contributed by atoms with Crippen LogP contribution in [0, 0.1) is 11.3 Å². The second-order valence-corrected chi connectivity index (χ2v) is 6.95. The first-order valence-corrected chi connectivity index (χ1v) is 7.61. The SMILES string of the molecule is CC(C)OC1CC(NC(N)=NCC2CCC2)C1(C)C. The third-order valence-electron chi connectivity index (χ3n) is 4.68. The summed E-state index contributed by atoms with van der Waals surface area (Å²) in [6.07, 6.45) is 5.62. The van der Waals surface area contributed by atoms with Crippen LogP contribution in [-0.2, 0) is 4.74 Å². The van der Waals surface area contributed by atoms with Gasteiger partial charge in [-0.25, -0.2) is 0 Å². The lowest BCUT2D eigenvalue weighted by Gasteiger charge is -2.52. The lowest BCUT2D eigenvalue weighted by Crippen LogP contribution is -2.63. The summed E-state index contributed by atoms with van der Waals surface area (Å²) in [7, 11) is 0. The van der Waals surface area contributed by atoms with E-state index in [1.807, 2.05) is 0 Å². The summed E-state index contributed by atoms with van der Waals surface area (Å²) in [6.45, 7) is 9.54. The van der Waals surface area contributed by atoms with E-state index in [1.165, 1.54) is 19.3 Å². The van der Waals surface area contributed by atoms with Gasteiger partial charge in [-0.2, -0.15) is 0 Å². The Kier molecular flexibility index (Phi) is 4.39. The van der Waals surface area contributed by atoms with E-state index in [9.17, 15) is 0 Å². The van der Waals surface area contributed by atoms with Crippen molar-refractivity contribution in [3.05, 3.63) is 0 Å². The topological polar surface area (TPSA) is 59.6 Å². The standard InChI is InChI=1S/C15H29N3O/c1-10(2)19-13-8-12(15(13,3)4)18-14(16)17-9-11-6-5-7-11/h10-13H,5-9H2,1-4H3,(H3,16,17,18). The molecule has 0 saturated heterocycles. The summed E-state index contributed by atoms with van der Waals surface area (Å²) in [5.41, 5.74) is 6.10. The van der Waals surface area contributed by atoms with Crippen LogP contribution in [0.5, 0.6) is 0 Å². The summed E-state index contributed by atoms with van der Waals surface area (Å²) in [4.78, 5) is 4.46. The van der Waals surface area contributed by atoms with Crippen molar-refractivity contribution in [2.75, 3.05) is 6.54 Å². The molecule has 0 aromatic rings. The molecule has 0 heterocycles. The monoisotopic (exact) mass is 267 g/mol. The first-order chi connectivity index (χ1) is 8.89. The Morgan fingerprint density at radius 3 is 2.58 bits per heavy atom. The van der Waals surface area contributed by atoms with Crippen LogP contribution >= 0.6 is 0 Å². The molecule has 2 fully saturated rings. The predicted octanol–water partition coefficient (Wildman–Crippen LogP) is 2.28. The molecule has 3 N–H and O–H groups in total. The summed E-state index contributed by atoms with van der Waals surface area (Å²) in [6, 6.07) is 0.376. The van der Waals surface area contributed by atoms with Crippen LogP contribution in [-0.4, -0.2) is 30.8 Å². The lowest BCUT2D eigenvalue weighted by atomic mass is 9.64. The van der Waals surface area contributed by atoms with Crippen LogP contribution < -0.4 is 11.1 Å². The minimum atomic E-state index is 0.126. The van der Waals surface area contributed by atoms with Crippen LogP contribution in [0.15, 0.2) is 4.99 Å². The summed E-state index contributed by atoms with van der Waals surface area (Å²) < 4.78 is 5.92. The number of nitrogens with one attached hydrogen (secondary N) is 1. The Morgan fingerprint density at radius 1 is 1.42 bits per heavy atom. The van der Waals surface area contributed by atoms with E-state index in [2.05, 4.69) is 38.0 Å². The van der Waals surface area contributed by atoms with Gasteiger partial charge in [-0.05, 0) is 39.0 Å². The zero-order valence-electron chi connectivity index (χ0n) is 12.8. The van der Waals surface area contributed by atoms with E-state index in [1.54, 1.807) is 0 Å². The van der Waals surface area contributed by atoms with E-state index < -0.39 is 0 Å². The number of hydrogen-bond donors (Lipinski definition) is 2. The van der Waals surface area contributed by atoms with Crippen molar-refractivity contribution in [2.24, 2.45) is 22.1 Å². The number of guanidine groups is 1. The minimum absolute atomic E-state index is 0.126. The molecule has 0 amide bonds. The maximum absolute atomic E-state index is 5.98. The van der Waals surface area contributed by atoms with Gasteiger partial charge in [0.1, 0.15) is 0 Å². The Balaban J connectivity index is 1.77. The molecule has 2 aliphatic carbocycles. The molecule has 2 aliphatic rings. The molecule has 4 heteroatoms. The highest BCUT2D eigenvalue weighted by Crippen LogP contribution is 2.43. The van der Waals surface area contributed by atoms with Gasteiger partial charge in [0.15, 0.2) is 5.96 Å². The average molecular weight is 267 g/mol. The van der Waals surface area contributed by atoms with Gasteiger partial charge >= 0.3 is 0 Å². The first-order valence-electron chi connectivity index (χ1n) is 7.61. The number of aliphatic imine (C=N–C) groups is 1. The van der Waals surface area contributed by atoms with Gasteiger partial charge in [-0.1, -0.05) is 20.3 Å². The quantitative estimate of drug-likeness (QED) is 0.593. The predicted molar refractivity (Wildman–Crippen MR) is 79.2 cm³/mol. The van der Waals surface area contributed by atoms with E-state index in [0.29, 0.717) is 18.1 Å². The van der Waals surface area contributed by atoms with Crippen LogP contribution in [0.4, 0.5) is 0 Å². The van der Waals surface area contributed by atoms with Gasteiger partial charge in [0.25, 0.3) is 0 Å².